The molecular weight excluding hydrogens is 323 g/mol. The zero-order valence-corrected chi connectivity index (χ0v) is 13.1. The molecule has 0 radical (unpaired) electrons. The zero-order valence-electron chi connectivity index (χ0n) is 13.1. The maximum absolute atomic E-state index is 12.1. The third-order valence-corrected chi connectivity index (χ3v) is 3.01. The van der Waals surface area contributed by atoms with Crippen molar-refractivity contribution in [3.8, 4) is 11.4 Å². The summed E-state index contributed by atoms with van der Waals surface area (Å²) < 4.78 is 36.4. The molecule has 2 aromatic rings. The van der Waals surface area contributed by atoms with Crippen LogP contribution in [0, 0.1) is 6.92 Å². The standard InChI is InChI=1S/C15H16F3N5O/c1-9-7-12(22-10(2)14(24)20-8-15(16,17)18)23-13(21-9)11-3-5-19-6-4-11/h3-7,10H,8H2,1-2H3,(H,20,24)(H,21,22,23). The van der Waals surface area contributed by atoms with E-state index in [4.69, 9.17) is 0 Å². The summed E-state index contributed by atoms with van der Waals surface area (Å²) in [6, 6.07) is 4.20. The number of amides is 1. The Bertz CT molecular complexity index is 706. The molecule has 1 atom stereocenters. The van der Waals surface area contributed by atoms with E-state index in [0.717, 1.165) is 5.56 Å². The Kier molecular flexibility index (Phi) is 5.32. The van der Waals surface area contributed by atoms with Crippen LogP contribution in [0.1, 0.15) is 12.6 Å². The van der Waals surface area contributed by atoms with E-state index in [-0.39, 0.29) is 0 Å². The molecule has 0 spiro atoms. The van der Waals surface area contributed by atoms with Crippen LogP contribution in [-0.4, -0.2) is 39.6 Å². The first-order valence-electron chi connectivity index (χ1n) is 7.12. The molecule has 2 N–H and O–H groups in total. The largest absolute Gasteiger partial charge is 0.405 e. The van der Waals surface area contributed by atoms with Gasteiger partial charge in [-0.25, -0.2) is 9.97 Å². The van der Waals surface area contributed by atoms with Gasteiger partial charge in [0.25, 0.3) is 0 Å². The second kappa shape index (κ2) is 7.24. The van der Waals surface area contributed by atoms with Crippen LogP contribution in [0.25, 0.3) is 11.4 Å². The molecule has 0 saturated heterocycles. The third kappa shape index (κ3) is 5.18. The molecule has 0 aromatic carbocycles. The monoisotopic (exact) mass is 339 g/mol. The Morgan fingerprint density at radius 1 is 1.25 bits per heavy atom. The number of aromatic nitrogens is 3. The maximum atomic E-state index is 12.1. The molecule has 0 aliphatic rings. The summed E-state index contributed by atoms with van der Waals surface area (Å²) in [5, 5.41) is 4.61. The summed E-state index contributed by atoms with van der Waals surface area (Å²) in [6.07, 6.45) is -1.25. The number of nitrogens with one attached hydrogen (secondary N) is 2. The number of pyridine rings is 1. The van der Waals surface area contributed by atoms with E-state index in [2.05, 4.69) is 20.3 Å². The number of carbonyl (C=O) groups excluding carboxylic acids is 1. The van der Waals surface area contributed by atoms with Gasteiger partial charge in [-0.3, -0.25) is 9.78 Å². The molecule has 0 bridgehead atoms. The van der Waals surface area contributed by atoms with E-state index < -0.39 is 24.7 Å². The average Bonchev–Trinajstić information content (AvgIpc) is 2.52. The Hall–Kier alpha value is -2.71. The first kappa shape index (κ1) is 17.6. The van der Waals surface area contributed by atoms with Crippen molar-refractivity contribution in [3.63, 3.8) is 0 Å². The number of hydrogen-bond acceptors (Lipinski definition) is 5. The van der Waals surface area contributed by atoms with Crippen LogP contribution in [0.5, 0.6) is 0 Å². The van der Waals surface area contributed by atoms with Crippen molar-refractivity contribution < 1.29 is 18.0 Å². The lowest BCUT2D eigenvalue weighted by Crippen LogP contribution is -2.42. The van der Waals surface area contributed by atoms with Gasteiger partial charge >= 0.3 is 6.18 Å². The summed E-state index contributed by atoms with van der Waals surface area (Å²) >= 11 is 0. The summed E-state index contributed by atoms with van der Waals surface area (Å²) in [5.41, 5.74) is 1.40. The zero-order chi connectivity index (χ0) is 17.7. The third-order valence-electron chi connectivity index (χ3n) is 3.01. The van der Waals surface area contributed by atoms with Gasteiger partial charge in [0.05, 0.1) is 0 Å². The summed E-state index contributed by atoms with van der Waals surface area (Å²) in [4.78, 5) is 24.2. The van der Waals surface area contributed by atoms with Crippen LogP contribution in [-0.2, 0) is 4.79 Å². The molecule has 2 heterocycles. The van der Waals surface area contributed by atoms with Crippen LogP contribution in [0.15, 0.2) is 30.6 Å². The second-order valence-electron chi connectivity index (χ2n) is 5.15. The van der Waals surface area contributed by atoms with Gasteiger partial charge in [0.2, 0.25) is 5.91 Å². The fraction of sp³-hybridized carbons (Fsp3) is 0.333. The normalized spacial score (nSPS) is 12.5. The Morgan fingerprint density at radius 2 is 1.92 bits per heavy atom. The molecule has 0 fully saturated rings. The molecule has 0 aliphatic carbocycles. The lowest BCUT2D eigenvalue weighted by molar-refractivity contribution is -0.138. The van der Waals surface area contributed by atoms with Gasteiger partial charge in [0.1, 0.15) is 18.4 Å². The fourth-order valence-corrected chi connectivity index (χ4v) is 1.90. The number of aryl methyl sites for hydroxylation is 1. The predicted molar refractivity (Wildman–Crippen MR) is 82.1 cm³/mol. The van der Waals surface area contributed by atoms with E-state index in [9.17, 15) is 18.0 Å². The number of nitrogens with zero attached hydrogens (tertiary/aromatic N) is 3. The topological polar surface area (TPSA) is 79.8 Å². The smallest absolute Gasteiger partial charge is 0.359 e. The highest BCUT2D eigenvalue weighted by Gasteiger charge is 2.28. The molecule has 24 heavy (non-hydrogen) atoms. The van der Waals surface area contributed by atoms with E-state index in [1.54, 1.807) is 37.5 Å². The fourth-order valence-electron chi connectivity index (χ4n) is 1.90. The average molecular weight is 339 g/mol. The first-order valence-corrected chi connectivity index (χ1v) is 7.12. The van der Waals surface area contributed by atoms with Crippen molar-refractivity contribution in [1.82, 2.24) is 20.3 Å². The van der Waals surface area contributed by atoms with Crippen LogP contribution in [0.4, 0.5) is 19.0 Å². The Labute approximate surface area is 136 Å². The van der Waals surface area contributed by atoms with Crippen molar-refractivity contribution >= 4 is 11.7 Å². The molecule has 128 valence electrons. The molecule has 9 heteroatoms. The van der Waals surface area contributed by atoms with Crippen LogP contribution in [0.2, 0.25) is 0 Å². The minimum atomic E-state index is -4.45. The lowest BCUT2D eigenvalue weighted by atomic mass is 10.2. The molecule has 1 amide bonds. The highest BCUT2D eigenvalue weighted by Crippen LogP contribution is 2.17. The van der Waals surface area contributed by atoms with E-state index in [1.165, 1.54) is 6.92 Å². The van der Waals surface area contributed by atoms with Crippen molar-refractivity contribution in [2.24, 2.45) is 0 Å². The first-order chi connectivity index (χ1) is 11.2. The molecule has 2 aromatic heterocycles. The number of anilines is 1. The number of alkyl halides is 3. The summed E-state index contributed by atoms with van der Waals surface area (Å²) in [7, 11) is 0. The lowest BCUT2D eigenvalue weighted by Gasteiger charge is -2.16. The minimum absolute atomic E-state index is 0.351. The van der Waals surface area contributed by atoms with Crippen molar-refractivity contribution in [2.75, 3.05) is 11.9 Å². The van der Waals surface area contributed by atoms with Crippen LogP contribution in [0.3, 0.4) is 0 Å². The van der Waals surface area contributed by atoms with Gasteiger partial charge in [-0.15, -0.1) is 0 Å². The van der Waals surface area contributed by atoms with Gasteiger partial charge in [-0.1, -0.05) is 0 Å². The highest BCUT2D eigenvalue weighted by molar-refractivity contribution is 5.84. The molecule has 0 aliphatic heterocycles. The van der Waals surface area contributed by atoms with Crippen molar-refractivity contribution in [1.29, 1.82) is 0 Å². The summed E-state index contributed by atoms with van der Waals surface area (Å²) in [6.45, 7) is 1.84. The van der Waals surface area contributed by atoms with Gasteiger partial charge < -0.3 is 10.6 Å². The van der Waals surface area contributed by atoms with E-state index in [0.29, 0.717) is 17.3 Å². The maximum Gasteiger partial charge on any atom is 0.405 e. The summed E-state index contributed by atoms with van der Waals surface area (Å²) in [5.74, 6) is 0.0147. The van der Waals surface area contributed by atoms with Gasteiger partial charge in [0.15, 0.2) is 5.82 Å². The van der Waals surface area contributed by atoms with E-state index in [1.807, 2.05) is 5.32 Å². The van der Waals surface area contributed by atoms with Gasteiger partial charge in [-0.2, -0.15) is 13.2 Å². The quantitative estimate of drug-likeness (QED) is 0.874. The molecule has 1 unspecified atom stereocenters. The van der Waals surface area contributed by atoms with E-state index >= 15 is 0 Å². The molecule has 2 rings (SSSR count). The van der Waals surface area contributed by atoms with Crippen LogP contribution < -0.4 is 10.6 Å². The van der Waals surface area contributed by atoms with Gasteiger partial charge in [0, 0.05) is 29.7 Å². The molecule has 0 saturated carbocycles. The van der Waals surface area contributed by atoms with Crippen LogP contribution >= 0.6 is 0 Å². The molecule has 6 nitrogen and oxygen atoms in total. The Morgan fingerprint density at radius 3 is 2.54 bits per heavy atom. The minimum Gasteiger partial charge on any atom is -0.359 e. The SMILES string of the molecule is Cc1cc(NC(C)C(=O)NCC(F)(F)F)nc(-c2ccncc2)n1. The second-order valence-corrected chi connectivity index (χ2v) is 5.15. The number of halogens is 3. The highest BCUT2D eigenvalue weighted by atomic mass is 19.4. The number of rotatable bonds is 5. The van der Waals surface area contributed by atoms with Gasteiger partial charge in [-0.05, 0) is 26.0 Å². The van der Waals surface area contributed by atoms with Crippen molar-refractivity contribution in [2.45, 2.75) is 26.1 Å². The molecular formula is C15H16F3N5O. The predicted octanol–water partition coefficient (Wildman–Crippen LogP) is 2.33. The number of carbonyl (C=O) groups is 1. The Balaban J connectivity index is 2.09. The van der Waals surface area contributed by atoms with Crippen molar-refractivity contribution in [3.05, 3.63) is 36.3 Å². The number of hydrogen-bond donors (Lipinski definition) is 2.